The van der Waals surface area contributed by atoms with E-state index < -0.39 is 9.84 Å². The van der Waals surface area contributed by atoms with Crippen molar-refractivity contribution < 1.29 is 12.9 Å². The van der Waals surface area contributed by atoms with E-state index in [1.54, 1.807) is 12.1 Å². The number of sulfone groups is 1. The van der Waals surface area contributed by atoms with E-state index in [1.165, 1.54) is 6.26 Å². The van der Waals surface area contributed by atoms with Crippen LogP contribution in [0.25, 0.3) is 33.3 Å². The molecule has 0 saturated carbocycles. The molecule has 1 N–H and O–H groups in total. The van der Waals surface area contributed by atoms with E-state index in [0.29, 0.717) is 11.3 Å². The fraction of sp³-hybridized carbons (Fsp3) is 0.238. The maximum absolute atomic E-state index is 12.3. The summed E-state index contributed by atoms with van der Waals surface area (Å²) in [4.78, 5) is 8.13. The molecule has 0 bridgehead atoms. The summed E-state index contributed by atoms with van der Waals surface area (Å²) in [5, 5.41) is 4.04. The summed E-state index contributed by atoms with van der Waals surface area (Å²) in [6, 6.07) is 10.9. The van der Waals surface area contributed by atoms with Gasteiger partial charge in [-0.1, -0.05) is 30.8 Å². The molecule has 0 aliphatic heterocycles. The molecule has 0 spiro atoms. The first-order valence-electron chi connectivity index (χ1n) is 8.49. The van der Waals surface area contributed by atoms with Crippen molar-refractivity contribution in [3.05, 3.63) is 53.7 Å². The lowest BCUT2D eigenvalue weighted by Gasteiger charge is -2.11. The second-order valence-electron chi connectivity index (χ2n) is 6.71. The van der Waals surface area contributed by atoms with Gasteiger partial charge >= 0.3 is 0 Å². The summed E-state index contributed by atoms with van der Waals surface area (Å²) in [6.07, 6.45) is 1.22. The summed E-state index contributed by atoms with van der Waals surface area (Å²) in [5.74, 6) is 1.48. The molecular weight excluding hydrogens is 374 g/mol. The number of benzene rings is 2. The smallest absolute Gasteiger partial charge is 0.176 e. The van der Waals surface area contributed by atoms with Gasteiger partial charge in [0.05, 0.1) is 21.6 Å². The predicted octanol–water partition coefficient (Wildman–Crippen LogP) is 4.85. The zero-order valence-electron chi connectivity index (χ0n) is 15.5. The summed E-state index contributed by atoms with van der Waals surface area (Å²) < 4.78 is 30.0. The maximum Gasteiger partial charge on any atom is 0.176 e. The molecule has 7 heteroatoms. The Balaban J connectivity index is 0.00000225. The number of aromatic amines is 1. The third-order valence-electron chi connectivity index (χ3n) is 4.60. The van der Waals surface area contributed by atoms with E-state index in [2.05, 4.69) is 15.1 Å². The first-order valence-corrected chi connectivity index (χ1v) is 10.4. The average molecular weight is 398 g/mol. The number of nitrogens with zero attached hydrogens (tertiary/aromatic N) is 2. The van der Waals surface area contributed by atoms with Gasteiger partial charge in [0.25, 0.3) is 0 Å². The second-order valence-corrected chi connectivity index (χ2v) is 8.69. The number of hydrogen-bond donors (Lipinski definition) is 1. The van der Waals surface area contributed by atoms with Crippen molar-refractivity contribution >= 4 is 20.9 Å². The van der Waals surface area contributed by atoms with Gasteiger partial charge in [-0.15, -0.1) is 0 Å². The third kappa shape index (κ3) is 3.22. The van der Waals surface area contributed by atoms with Gasteiger partial charge < -0.3 is 9.51 Å². The van der Waals surface area contributed by atoms with Crippen LogP contribution in [0.2, 0.25) is 0 Å². The van der Waals surface area contributed by atoms with Gasteiger partial charge in [0, 0.05) is 22.9 Å². The number of fused-ring (bicyclic) bond motifs is 1. The van der Waals surface area contributed by atoms with Crippen molar-refractivity contribution in [1.82, 2.24) is 15.1 Å². The van der Waals surface area contributed by atoms with Crippen molar-refractivity contribution in [2.45, 2.75) is 33.1 Å². The van der Waals surface area contributed by atoms with Crippen molar-refractivity contribution in [2.75, 3.05) is 6.26 Å². The molecule has 0 radical (unpaired) electrons. The van der Waals surface area contributed by atoms with Crippen LogP contribution in [0.1, 0.15) is 24.7 Å². The molecule has 28 heavy (non-hydrogen) atoms. The van der Waals surface area contributed by atoms with Crippen LogP contribution in [0.3, 0.4) is 0 Å². The Labute approximate surface area is 164 Å². The van der Waals surface area contributed by atoms with E-state index in [9.17, 15) is 8.42 Å². The topological polar surface area (TPSA) is 88.8 Å². The van der Waals surface area contributed by atoms with Crippen molar-refractivity contribution in [3.8, 4) is 22.3 Å². The number of aromatic nitrogens is 3. The van der Waals surface area contributed by atoms with Crippen LogP contribution < -0.4 is 0 Å². The number of imidazole rings is 1. The molecule has 2 aromatic carbocycles. The van der Waals surface area contributed by atoms with Gasteiger partial charge in [-0.3, -0.25) is 0 Å². The van der Waals surface area contributed by atoms with Gasteiger partial charge in [-0.25, -0.2) is 13.4 Å². The molecule has 146 valence electrons. The van der Waals surface area contributed by atoms with Gasteiger partial charge in [0.15, 0.2) is 9.84 Å². The number of H-pyrrole nitrogens is 1. The lowest BCUT2D eigenvalue weighted by atomic mass is 9.96. The fourth-order valence-electron chi connectivity index (χ4n) is 3.50. The SMILES string of the molecule is C.Cc1nc2c(-c3ccccc3S(C)(=O)=O)cc(-c3c(C)noc3C)cc2[nH]1. The summed E-state index contributed by atoms with van der Waals surface area (Å²) >= 11 is 0. The van der Waals surface area contributed by atoms with E-state index >= 15 is 0 Å². The minimum Gasteiger partial charge on any atom is -0.361 e. The minimum absolute atomic E-state index is 0. The molecule has 0 saturated heterocycles. The molecule has 2 heterocycles. The van der Waals surface area contributed by atoms with E-state index in [4.69, 9.17) is 4.52 Å². The molecular formula is C21H23N3O3S. The Kier molecular flexibility index (Phi) is 4.89. The normalized spacial score (nSPS) is 11.6. The fourth-order valence-corrected chi connectivity index (χ4v) is 4.40. The zero-order valence-corrected chi connectivity index (χ0v) is 16.3. The van der Waals surface area contributed by atoms with Crippen LogP contribution in [0.5, 0.6) is 0 Å². The quantitative estimate of drug-likeness (QED) is 0.534. The van der Waals surface area contributed by atoms with E-state index in [-0.39, 0.29) is 12.3 Å². The first kappa shape index (κ1) is 19.8. The van der Waals surface area contributed by atoms with Crippen molar-refractivity contribution in [1.29, 1.82) is 0 Å². The number of hydrogen-bond acceptors (Lipinski definition) is 5. The Hall–Kier alpha value is -2.93. The monoisotopic (exact) mass is 397 g/mol. The minimum atomic E-state index is -3.40. The number of rotatable bonds is 3. The van der Waals surface area contributed by atoms with Gasteiger partial charge in [-0.2, -0.15) is 0 Å². The van der Waals surface area contributed by atoms with E-state index in [1.807, 2.05) is 45.0 Å². The lowest BCUT2D eigenvalue weighted by molar-refractivity contribution is 0.393. The van der Waals surface area contributed by atoms with Gasteiger partial charge in [-0.05, 0) is 44.5 Å². The van der Waals surface area contributed by atoms with Crippen LogP contribution in [0.4, 0.5) is 0 Å². The second kappa shape index (κ2) is 6.91. The van der Waals surface area contributed by atoms with Crippen LogP contribution in [0.15, 0.2) is 45.8 Å². The summed E-state index contributed by atoms with van der Waals surface area (Å²) in [6.45, 7) is 5.63. The summed E-state index contributed by atoms with van der Waals surface area (Å²) in [7, 11) is -3.40. The highest BCUT2D eigenvalue weighted by Crippen LogP contribution is 2.37. The number of aryl methyl sites for hydroxylation is 3. The molecule has 4 rings (SSSR count). The maximum atomic E-state index is 12.3. The van der Waals surface area contributed by atoms with Crippen LogP contribution in [-0.4, -0.2) is 29.8 Å². The highest BCUT2D eigenvalue weighted by atomic mass is 32.2. The molecule has 0 aliphatic rings. The third-order valence-corrected chi connectivity index (χ3v) is 5.76. The molecule has 6 nitrogen and oxygen atoms in total. The largest absolute Gasteiger partial charge is 0.361 e. The van der Waals surface area contributed by atoms with Crippen LogP contribution in [-0.2, 0) is 9.84 Å². The Bertz CT molecular complexity index is 1260. The highest BCUT2D eigenvalue weighted by Gasteiger charge is 2.20. The first-order chi connectivity index (χ1) is 12.8. The lowest BCUT2D eigenvalue weighted by Crippen LogP contribution is -2.00. The molecule has 0 aliphatic carbocycles. The van der Waals surface area contributed by atoms with Crippen molar-refractivity contribution in [3.63, 3.8) is 0 Å². The Morgan fingerprint density at radius 3 is 2.39 bits per heavy atom. The Morgan fingerprint density at radius 1 is 1.04 bits per heavy atom. The van der Waals surface area contributed by atoms with E-state index in [0.717, 1.165) is 39.2 Å². The molecule has 0 atom stereocenters. The van der Waals surface area contributed by atoms with Crippen molar-refractivity contribution in [2.24, 2.45) is 0 Å². The van der Waals surface area contributed by atoms with Crippen LogP contribution >= 0.6 is 0 Å². The number of nitrogens with one attached hydrogen (secondary N) is 1. The standard InChI is InChI=1S/C20H19N3O3S.CH4/c1-11-19(12(2)26-23-11)14-9-16(20-17(10-14)21-13(3)22-20)15-7-5-6-8-18(15)27(4,24)25;/h5-10H,1-4H3,(H,21,22);1H4. The van der Waals surface area contributed by atoms with Crippen LogP contribution in [0, 0.1) is 20.8 Å². The van der Waals surface area contributed by atoms with Gasteiger partial charge in [0.1, 0.15) is 11.6 Å². The molecule has 4 aromatic rings. The molecule has 0 amide bonds. The van der Waals surface area contributed by atoms with Gasteiger partial charge in [0.2, 0.25) is 0 Å². The average Bonchev–Trinajstić information content (AvgIpc) is 3.14. The zero-order chi connectivity index (χ0) is 19.3. The highest BCUT2D eigenvalue weighted by molar-refractivity contribution is 7.90. The summed E-state index contributed by atoms with van der Waals surface area (Å²) in [5.41, 5.74) is 5.55. The molecule has 0 unspecified atom stereocenters. The predicted molar refractivity (Wildman–Crippen MR) is 111 cm³/mol. The molecule has 2 aromatic heterocycles. The molecule has 0 fully saturated rings. The Morgan fingerprint density at radius 2 is 1.75 bits per heavy atom.